The van der Waals surface area contributed by atoms with Crippen molar-refractivity contribution in [2.75, 3.05) is 7.11 Å². The van der Waals surface area contributed by atoms with Gasteiger partial charge in [-0.2, -0.15) is 0 Å². The largest absolute Gasteiger partial charge is 0.622 e. The van der Waals surface area contributed by atoms with Gasteiger partial charge in [0.25, 0.3) is 23.4 Å². The molecule has 0 aliphatic carbocycles. The lowest BCUT2D eigenvalue weighted by Gasteiger charge is -2.33. The van der Waals surface area contributed by atoms with Gasteiger partial charge in [0.05, 0.1) is 17.4 Å². The van der Waals surface area contributed by atoms with E-state index in [1.165, 1.54) is 19.4 Å². The molecule has 2 heterocycles. The molecule has 0 spiro atoms. The zero-order valence-corrected chi connectivity index (χ0v) is 10.2. The number of carbonyl (C=O) groups is 1. The van der Waals surface area contributed by atoms with Gasteiger partial charge >= 0.3 is 0 Å². The van der Waals surface area contributed by atoms with E-state index in [4.69, 9.17) is 4.74 Å². The number of methoxy groups -OCH3 is 1. The first-order chi connectivity index (χ1) is 9.03. The summed E-state index contributed by atoms with van der Waals surface area (Å²) in [6.45, 7) is -0.000648. The van der Waals surface area contributed by atoms with E-state index in [0.29, 0.717) is 21.8 Å². The fraction of sp³-hybridized carbons (Fsp3) is 0.154. The van der Waals surface area contributed by atoms with Gasteiger partial charge in [-0.15, -0.1) is 0 Å². The molecule has 6 nitrogen and oxygen atoms in total. The van der Waals surface area contributed by atoms with Crippen LogP contribution in [0, 0.1) is 10.1 Å². The Morgan fingerprint density at radius 3 is 2.95 bits per heavy atom. The van der Waals surface area contributed by atoms with E-state index in [1.807, 2.05) is 0 Å². The third-order valence-electron chi connectivity index (χ3n) is 3.30. The van der Waals surface area contributed by atoms with Gasteiger partial charge in [-0.3, -0.25) is 9.44 Å². The molecule has 0 saturated carbocycles. The first kappa shape index (κ1) is 11.8. The second-order valence-corrected chi connectivity index (χ2v) is 4.47. The molecule has 0 amide bonds. The van der Waals surface area contributed by atoms with Crippen molar-refractivity contribution in [2.45, 2.75) is 6.54 Å². The van der Waals surface area contributed by atoms with Crippen LogP contribution < -0.4 is 4.74 Å². The number of ether oxygens (including phenoxy) is 1. The SMILES string of the molecule is COc1ccc2c(c1)C[N+]1([O-])C=CC(=O)C1=C[N+]2=O. The van der Waals surface area contributed by atoms with Gasteiger partial charge in [0.15, 0.2) is 0 Å². The van der Waals surface area contributed by atoms with Crippen LogP contribution in [-0.4, -0.2) is 22.3 Å². The summed E-state index contributed by atoms with van der Waals surface area (Å²) in [5, 5.41) is 12.6. The second kappa shape index (κ2) is 3.84. The molecule has 3 rings (SSSR count). The zero-order valence-electron chi connectivity index (χ0n) is 10.2. The molecule has 19 heavy (non-hydrogen) atoms. The number of quaternary nitrogens is 1. The predicted molar refractivity (Wildman–Crippen MR) is 65.8 cm³/mol. The van der Waals surface area contributed by atoms with Crippen LogP contribution in [0.3, 0.4) is 0 Å². The van der Waals surface area contributed by atoms with E-state index < -0.39 is 10.4 Å². The lowest BCUT2D eigenvalue weighted by Crippen LogP contribution is -2.32. The summed E-state index contributed by atoms with van der Waals surface area (Å²) < 4.78 is 4.72. The Labute approximate surface area is 108 Å². The summed E-state index contributed by atoms with van der Waals surface area (Å²) in [7, 11) is 1.51. The first-order valence-corrected chi connectivity index (χ1v) is 5.71. The van der Waals surface area contributed by atoms with Crippen LogP contribution in [0.2, 0.25) is 0 Å². The van der Waals surface area contributed by atoms with E-state index >= 15 is 0 Å². The van der Waals surface area contributed by atoms with Gasteiger partial charge in [0.1, 0.15) is 18.5 Å². The van der Waals surface area contributed by atoms with E-state index in [-0.39, 0.29) is 12.2 Å². The lowest BCUT2D eigenvalue weighted by atomic mass is 10.1. The van der Waals surface area contributed by atoms with Crippen molar-refractivity contribution in [3.05, 3.63) is 58.0 Å². The average Bonchev–Trinajstić information content (AvgIpc) is 2.60. The van der Waals surface area contributed by atoms with Crippen LogP contribution >= 0.6 is 0 Å². The Morgan fingerprint density at radius 1 is 1.42 bits per heavy atom. The normalized spacial score (nSPS) is 24.6. The van der Waals surface area contributed by atoms with Crippen LogP contribution in [0.15, 0.2) is 42.4 Å². The fourth-order valence-corrected chi connectivity index (χ4v) is 2.30. The first-order valence-electron chi connectivity index (χ1n) is 5.71. The molecule has 96 valence electrons. The minimum absolute atomic E-state index is 0.000648. The Bertz CT molecular complexity index is 663. The third kappa shape index (κ3) is 1.69. The molecule has 0 radical (unpaired) electrons. The summed E-state index contributed by atoms with van der Waals surface area (Å²) in [6.07, 6.45) is 3.53. The number of benzene rings is 1. The van der Waals surface area contributed by atoms with E-state index in [2.05, 4.69) is 0 Å². The summed E-state index contributed by atoms with van der Waals surface area (Å²) in [6, 6.07) is 4.87. The van der Waals surface area contributed by atoms with Crippen LogP contribution in [0.4, 0.5) is 5.69 Å². The summed E-state index contributed by atoms with van der Waals surface area (Å²) in [5.74, 6) is 0.146. The molecule has 1 unspecified atom stereocenters. The Balaban J connectivity index is 2.17. The quantitative estimate of drug-likeness (QED) is 0.438. The van der Waals surface area contributed by atoms with E-state index in [0.717, 1.165) is 6.20 Å². The molecular weight excluding hydrogens is 248 g/mol. The number of hydrogen-bond donors (Lipinski definition) is 0. The zero-order chi connectivity index (χ0) is 13.6. The van der Waals surface area contributed by atoms with E-state index in [9.17, 15) is 14.9 Å². The van der Waals surface area contributed by atoms with Gasteiger partial charge < -0.3 is 9.94 Å². The minimum atomic E-state index is -0.933. The summed E-state index contributed by atoms with van der Waals surface area (Å²) in [4.78, 5) is 23.6. The molecule has 2 aliphatic rings. The molecule has 2 aliphatic heterocycles. The van der Waals surface area contributed by atoms with Crippen molar-refractivity contribution in [3.8, 4) is 5.75 Å². The number of carbonyl (C=O) groups excluding carboxylic acids is 1. The fourth-order valence-electron chi connectivity index (χ4n) is 2.30. The molecule has 6 heteroatoms. The molecule has 0 N–H and O–H groups in total. The number of hydroxylamine groups is 3. The van der Waals surface area contributed by atoms with Gasteiger partial charge in [0.2, 0.25) is 0 Å². The number of hydrogen-bond acceptors (Lipinski definition) is 4. The van der Waals surface area contributed by atoms with Crippen molar-refractivity contribution in [2.24, 2.45) is 0 Å². The van der Waals surface area contributed by atoms with Crippen molar-refractivity contribution in [3.63, 3.8) is 0 Å². The molecule has 0 aromatic heterocycles. The number of allylic oxidation sites excluding steroid dienone is 1. The summed E-state index contributed by atoms with van der Waals surface area (Å²) in [5.41, 5.74) is 0.845. The second-order valence-electron chi connectivity index (χ2n) is 4.47. The van der Waals surface area contributed by atoms with E-state index in [1.54, 1.807) is 18.2 Å². The number of nitrogens with zero attached hydrogens (tertiary/aromatic N) is 2. The van der Waals surface area contributed by atoms with Crippen molar-refractivity contribution >= 4 is 11.5 Å². The van der Waals surface area contributed by atoms with Gasteiger partial charge in [-0.1, -0.05) is 0 Å². The predicted octanol–water partition coefficient (Wildman–Crippen LogP) is 1.87. The molecular formula is C13H11N2O4+. The highest BCUT2D eigenvalue weighted by atomic mass is 16.5. The van der Waals surface area contributed by atoms with Crippen LogP contribution in [0.5, 0.6) is 5.75 Å². The lowest BCUT2D eigenvalue weighted by molar-refractivity contribution is -0.796. The van der Waals surface area contributed by atoms with Crippen LogP contribution in [0.1, 0.15) is 5.56 Å². The molecule has 1 aromatic rings. The third-order valence-corrected chi connectivity index (χ3v) is 3.30. The van der Waals surface area contributed by atoms with Gasteiger partial charge in [-0.05, 0) is 12.1 Å². The Kier molecular flexibility index (Phi) is 2.38. The highest BCUT2D eigenvalue weighted by molar-refractivity contribution is 6.03. The molecule has 1 atom stereocenters. The van der Waals surface area contributed by atoms with Gasteiger partial charge in [0, 0.05) is 17.0 Å². The Morgan fingerprint density at radius 2 is 2.21 bits per heavy atom. The van der Waals surface area contributed by atoms with Crippen molar-refractivity contribution in [1.82, 2.24) is 0 Å². The summed E-state index contributed by atoms with van der Waals surface area (Å²) >= 11 is 0. The number of nitroso groups, excluding NO2 is 1. The number of fused-ring (bicyclic) bond motifs is 2. The monoisotopic (exact) mass is 259 g/mol. The Hall–Kier alpha value is -2.31. The average molecular weight is 259 g/mol. The maximum absolute atomic E-state index is 12.6. The number of rotatable bonds is 1. The molecule has 0 bridgehead atoms. The maximum Gasteiger partial charge on any atom is 0.293 e. The maximum atomic E-state index is 12.6. The smallest absolute Gasteiger partial charge is 0.293 e. The van der Waals surface area contributed by atoms with Crippen molar-refractivity contribution in [1.29, 1.82) is 0 Å². The van der Waals surface area contributed by atoms with Crippen molar-refractivity contribution < 1.29 is 18.9 Å². The highest BCUT2D eigenvalue weighted by Crippen LogP contribution is 2.36. The minimum Gasteiger partial charge on any atom is -0.622 e. The molecule has 1 aromatic carbocycles. The van der Waals surface area contributed by atoms with Crippen LogP contribution in [0.25, 0.3) is 0 Å². The standard InChI is InChI=1S/C13H11N2O4/c1-19-10-2-3-11-9(6-10)8-15(18)5-4-13(16)12(15)7-14(11)17/h2-7H,8H2,1H3/q+1. The van der Waals surface area contributed by atoms with Gasteiger partial charge in [-0.25, -0.2) is 0 Å². The topological polar surface area (TPSA) is 69.4 Å². The van der Waals surface area contributed by atoms with Crippen LogP contribution in [-0.2, 0) is 11.3 Å². The number of ketones is 1. The molecule has 0 fully saturated rings. The highest BCUT2D eigenvalue weighted by Gasteiger charge is 2.41. The molecule has 0 saturated heterocycles.